The Bertz CT molecular complexity index is 1200. The lowest BCUT2D eigenvalue weighted by molar-refractivity contribution is -0.378. The van der Waals surface area contributed by atoms with E-state index in [0.29, 0.717) is 5.02 Å². The van der Waals surface area contributed by atoms with Gasteiger partial charge in [-0.3, -0.25) is 20.2 Å². The molecule has 0 saturated carbocycles. The van der Waals surface area contributed by atoms with Crippen LogP contribution >= 0.6 is 11.6 Å². The Morgan fingerprint density at radius 2 is 1.08 bits per heavy atom. The number of urea groups is 2. The molecule has 0 bridgehead atoms. The van der Waals surface area contributed by atoms with Gasteiger partial charge < -0.3 is 10.2 Å². The summed E-state index contributed by atoms with van der Waals surface area (Å²) in [7, 11) is 0. The number of rotatable bonds is 3. The summed E-state index contributed by atoms with van der Waals surface area (Å²) in [4.78, 5) is 59.1. The molecule has 3 aromatic rings. The largest absolute Gasteiger partial charge is 0.861 e. The number of nitrogens with one attached hydrogen (secondary N) is 4. The third-order valence-electron chi connectivity index (χ3n) is 5.17. The summed E-state index contributed by atoms with van der Waals surface area (Å²) < 4.78 is 0. The maximum absolute atomic E-state index is 12.2. The van der Waals surface area contributed by atoms with Crippen LogP contribution in [-0.2, 0) is 9.59 Å². The standard InChI is InChI=1S/C15H11ClN4O6.2C5H5N/c16-6-3-1-5(2-4-6)7(8-10(21)17-14(25)18-11(8)22)9-12(23)19-15(26)20-13(9)24;2*1-2-4-6-5-3-1/h1-4,7-9H,(H2,17,18,21,22,25)(H2,19,20,23,24,26);2*1-5H. The summed E-state index contributed by atoms with van der Waals surface area (Å²) in [6, 6.07) is 15.2. The van der Waals surface area contributed by atoms with Crippen molar-refractivity contribution in [2.75, 3.05) is 0 Å². The monoisotopic (exact) mass is 536 g/mol. The molecule has 2 aromatic heterocycles. The van der Waals surface area contributed by atoms with Crippen LogP contribution in [0.15, 0.2) is 95.4 Å². The number of pyridine rings is 2. The quantitative estimate of drug-likeness (QED) is 0.460. The Morgan fingerprint density at radius 3 is 1.37 bits per heavy atom. The van der Waals surface area contributed by atoms with Crippen molar-refractivity contribution in [1.82, 2.24) is 10.6 Å². The number of nitrogens with zero attached hydrogens (tertiary/aromatic N) is 2. The van der Waals surface area contributed by atoms with Crippen molar-refractivity contribution >= 4 is 47.3 Å². The first-order valence-electron chi connectivity index (χ1n) is 11.1. The minimum absolute atomic E-state index is 0.241. The Hall–Kier alpha value is -4.97. The average Bonchev–Trinajstić information content (AvgIpc) is 2.90. The highest BCUT2D eigenvalue weighted by Crippen LogP contribution is 2.36. The molecule has 0 fully saturated rings. The second kappa shape index (κ2) is 13.4. The Morgan fingerprint density at radius 1 is 0.684 bits per heavy atom. The number of hydrogen-bond donors (Lipinski definition) is 2. The van der Waals surface area contributed by atoms with Gasteiger partial charge in [-0.1, -0.05) is 35.9 Å². The summed E-state index contributed by atoms with van der Waals surface area (Å²) in [5.41, 5.74) is 0.241. The van der Waals surface area contributed by atoms with Crippen molar-refractivity contribution in [3.8, 4) is 0 Å². The van der Waals surface area contributed by atoms with Crippen LogP contribution in [0.3, 0.4) is 0 Å². The van der Waals surface area contributed by atoms with Gasteiger partial charge in [0.15, 0.2) is 24.8 Å². The molecule has 2 atom stereocenters. The van der Waals surface area contributed by atoms with Crippen molar-refractivity contribution in [3.05, 3.63) is 96.0 Å². The number of carbonyl (C=O) groups is 4. The van der Waals surface area contributed by atoms with E-state index in [-0.39, 0.29) is 5.56 Å². The van der Waals surface area contributed by atoms with Crippen LogP contribution in [0.1, 0.15) is 11.5 Å². The lowest BCUT2D eigenvalue weighted by atomic mass is 9.74. The molecule has 0 spiro atoms. The van der Waals surface area contributed by atoms with Crippen LogP contribution in [0, 0.1) is 11.8 Å². The third kappa shape index (κ3) is 7.51. The molecule has 2 unspecified atom stereocenters. The zero-order chi connectivity index (χ0) is 27.5. The average molecular weight is 537 g/mol. The summed E-state index contributed by atoms with van der Waals surface area (Å²) >= 11 is 5.82. The van der Waals surface area contributed by atoms with Gasteiger partial charge in [-0.25, -0.2) is 29.5 Å². The lowest BCUT2D eigenvalue weighted by Crippen LogP contribution is -2.56. The molecular weight excluding hydrogens is 516 g/mol. The Labute approximate surface area is 221 Å². The molecule has 0 radical (unpaired) electrons. The number of aromatic amines is 2. The van der Waals surface area contributed by atoms with E-state index in [4.69, 9.17) is 11.6 Å². The van der Waals surface area contributed by atoms with Crippen molar-refractivity contribution in [2.45, 2.75) is 5.92 Å². The molecule has 2 aliphatic rings. The maximum atomic E-state index is 12.2. The van der Waals surface area contributed by atoms with Crippen molar-refractivity contribution in [2.24, 2.45) is 21.8 Å². The first-order valence-corrected chi connectivity index (χ1v) is 11.4. The molecule has 4 N–H and O–H groups in total. The molecule has 0 aliphatic carbocycles. The molecule has 194 valence electrons. The van der Waals surface area contributed by atoms with Gasteiger partial charge in [0.05, 0.1) is 11.8 Å². The summed E-state index contributed by atoms with van der Waals surface area (Å²) in [6.07, 6.45) is 7.50. The molecule has 38 heavy (non-hydrogen) atoms. The van der Waals surface area contributed by atoms with Crippen molar-refractivity contribution < 1.29 is 39.4 Å². The minimum Gasteiger partial charge on any atom is -0.861 e. The predicted molar refractivity (Wildman–Crippen MR) is 129 cm³/mol. The lowest BCUT2D eigenvalue weighted by Gasteiger charge is -2.39. The molecule has 5 rings (SSSR count). The highest BCUT2D eigenvalue weighted by Gasteiger charge is 2.43. The van der Waals surface area contributed by atoms with Crippen LogP contribution in [0.25, 0.3) is 0 Å². The summed E-state index contributed by atoms with van der Waals surface area (Å²) in [6.45, 7) is 0. The number of hydrogen-bond acceptors (Lipinski definition) is 6. The number of halogens is 1. The van der Waals surface area contributed by atoms with E-state index in [2.05, 4.69) is 20.0 Å². The molecular formula is C25H21ClN6O6. The van der Waals surface area contributed by atoms with Gasteiger partial charge in [0, 0.05) is 35.2 Å². The highest BCUT2D eigenvalue weighted by atomic mass is 35.5. The fourth-order valence-corrected chi connectivity index (χ4v) is 3.69. The topological polar surface area (TPSA) is 191 Å². The molecule has 12 nitrogen and oxygen atoms in total. The van der Waals surface area contributed by atoms with E-state index >= 15 is 0 Å². The Kier molecular flexibility index (Phi) is 9.72. The molecule has 1 aromatic carbocycles. The number of aromatic nitrogens is 2. The van der Waals surface area contributed by atoms with E-state index in [1.54, 1.807) is 0 Å². The van der Waals surface area contributed by atoms with Gasteiger partial charge in [-0.15, -0.1) is 0 Å². The van der Waals surface area contributed by atoms with Gasteiger partial charge in [-0.05, 0) is 29.5 Å². The van der Waals surface area contributed by atoms with E-state index < -0.39 is 53.4 Å². The fourth-order valence-electron chi connectivity index (χ4n) is 3.57. The molecule has 0 saturated heterocycles. The normalized spacial score (nSPS) is 19.2. The number of amides is 6. The van der Waals surface area contributed by atoms with Crippen LogP contribution < -0.4 is 30.8 Å². The zero-order valence-electron chi connectivity index (χ0n) is 19.5. The Balaban J connectivity index is 0.000000271. The van der Waals surface area contributed by atoms with E-state index in [1.807, 2.05) is 71.8 Å². The second-order valence-electron chi connectivity index (χ2n) is 7.68. The van der Waals surface area contributed by atoms with Crippen molar-refractivity contribution in [3.63, 3.8) is 0 Å². The molecule has 2 aliphatic heterocycles. The summed E-state index contributed by atoms with van der Waals surface area (Å²) in [5, 5.41) is 28.5. The van der Waals surface area contributed by atoms with Gasteiger partial charge >= 0.3 is 12.1 Å². The van der Waals surface area contributed by atoms with Gasteiger partial charge in [0.25, 0.3) is 0 Å². The first-order chi connectivity index (χ1) is 18.3. The molecule has 13 heteroatoms. The van der Waals surface area contributed by atoms with Gasteiger partial charge in [-0.2, -0.15) is 0 Å². The SMILES string of the molecule is O=C1N=C([O-])C(C(c2ccc(Cl)cc2)C2C(=O)NC(=O)N=C2[O-])C(=O)N1.c1cc[nH+]cc1.c1cc[nH+]cc1. The molecule has 6 amide bonds. The second-order valence-corrected chi connectivity index (χ2v) is 8.11. The van der Waals surface area contributed by atoms with Crippen LogP contribution in [0.5, 0.6) is 0 Å². The van der Waals surface area contributed by atoms with Gasteiger partial charge in [0.2, 0.25) is 11.8 Å². The minimum atomic E-state index is -1.63. The van der Waals surface area contributed by atoms with Crippen LogP contribution in [-0.4, -0.2) is 35.7 Å². The maximum Gasteiger partial charge on any atom is 0.346 e. The first kappa shape index (κ1) is 27.6. The van der Waals surface area contributed by atoms with E-state index in [0.717, 1.165) is 0 Å². The smallest absolute Gasteiger partial charge is 0.346 e. The van der Waals surface area contributed by atoms with Crippen LogP contribution in [0.4, 0.5) is 9.59 Å². The zero-order valence-corrected chi connectivity index (χ0v) is 20.3. The fraction of sp³-hybridized carbons (Fsp3) is 0.120. The third-order valence-corrected chi connectivity index (χ3v) is 5.42. The van der Waals surface area contributed by atoms with Crippen LogP contribution in [0.2, 0.25) is 5.02 Å². The summed E-state index contributed by atoms with van der Waals surface area (Å²) in [5.74, 6) is -8.80. The number of imide groups is 2. The predicted octanol–water partition coefficient (Wildman–Crippen LogP) is -0.325. The highest BCUT2D eigenvalue weighted by molar-refractivity contribution is 6.30. The van der Waals surface area contributed by atoms with E-state index in [9.17, 15) is 29.4 Å². The van der Waals surface area contributed by atoms with Crippen molar-refractivity contribution in [1.29, 1.82) is 0 Å². The van der Waals surface area contributed by atoms with Gasteiger partial charge in [0.1, 0.15) is 0 Å². The number of aliphatic imine (C=N–C) groups is 2. The molecule has 4 heterocycles. The number of carbonyl (C=O) groups excluding carboxylic acids is 4. The number of benzene rings is 1. The number of H-pyrrole nitrogens is 2. The van der Waals surface area contributed by atoms with E-state index in [1.165, 1.54) is 24.3 Å².